The van der Waals surface area contributed by atoms with E-state index in [9.17, 15) is 0 Å². The Morgan fingerprint density at radius 2 is 2.10 bits per heavy atom. The summed E-state index contributed by atoms with van der Waals surface area (Å²) in [4.78, 5) is 0. The molecule has 1 saturated carbocycles. The van der Waals surface area contributed by atoms with E-state index in [1.807, 2.05) is 0 Å². The molecule has 2 aliphatic rings. The first-order valence-electron chi connectivity index (χ1n) is 4.06. The second-order valence-electron chi connectivity index (χ2n) is 3.64. The van der Waals surface area contributed by atoms with Crippen molar-refractivity contribution >= 4 is 0 Å². The molecular weight excluding hydrogens is 128 g/mol. The minimum atomic E-state index is 0.193. The van der Waals surface area contributed by atoms with Gasteiger partial charge in [0.25, 0.3) is 0 Å². The predicted molar refractivity (Wildman–Crippen MR) is 37.7 cm³/mol. The van der Waals surface area contributed by atoms with Gasteiger partial charge in [-0.1, -0.05) is 6.42 Å². The molecule has 0 atom stereocenters. The Hall–Kier alpha value is -0.0800. The highest BCUT2D eigenvalue weighted by Crippen LogP contribution is 2.46. The van der Waals surface area contributed by atoms with Crippen LogP contribution in [0.1, 0.15) is 19.3 Å². The summed E-state index contributed by atoms with van der Waals surface area (Å²) in [6.07, 6.45) is 3.97. The van der Waals surface area contributed by atoms with Gasteiger partial charge in [-0.2, -0.15) is 0 Å². The second-order valence-corrected chi connectivity index (χ2v) is 3.64. The number of rotatable bonds is 2. The number of ether oxygens (including phenoxy) is 1. The van der Waals surface area contributed by atoms with Crippen molar-refractivity contribution in [2.45, 2.75) is 19.3 Å². The highest BCUT2D eigenvalue weighted by atomic mass is 16.5. The molecule has 0 spiro atoms. The summed E-state index contributed by atoms with van der Waals surface area (Å²) in [6.45, 7) is 1.93. The molecule has 1 saturated heterocycles. The third-order valence-electron chi connectivity index (χ3n) is 3.07. The Labute approximate surface area is 61.2 Å². The van der Waals surface area contributed by atoms with Crippen LogP contribution in [0.3, 0.4) is 0 Å². The molecule has 1 aliphatic carbocycles. The highest BCUT2D eigenvalue weighted by molar-refractivity contribution is 4.94. The average molecular weight is 142 g/mol. The van der Waals surface area contributed by atoms with Gasteiger partial charge in [0, 0.05) is 5.41 Å². The van der Waals surface area contributed by atoms with Gasteiger partial charge in [-0.3, -0.25) is 0 Å². The Bertz CT molecular complexity index is 120. The van der Waals surface area contributed by atoms with Gasteiger partial charge in [-0.05, 0) is 18.8 Å². The lowest BCUT2D eigenvalue weighted by molar-refractivity contribution is -0.182. The van der Waals surface area contributed by atoms with Crippen LogP contribution >= 0.6 is 0 Å². The molecule has 10 heavy (non-hydrogen) atoms. The van der Waals surface area contributed by atoms with Crippen LogP contribution in [0.25, 0.3) is 0 Å². The van der Waals surface area contributed by atoms with Crippen LogP contribution in [0.2, 0.25) is 0 Å². The van der Waals surface area contributed by atoms with Gasteiger partial charge in [-0.25, -0.2) is 0 Å². The average Bonchev–Trinajstić information content (AvgIpc) is 1.73. The van der Waals surface area contributed by atoms with Crippen LogP contribution in [-0.4, -0.2) is 24.9 Å². The van der Waals surface area contributed by atoms with E-state index in [2.05, 4.69) is 0 Å². The lowest BCUT2D eigenvalue weighted by Crippen LogP contribution is -2.53. The van der Waals surface area contributed by atoms with Crippen molar-refractivity contribution in [3.05, 3.63) is 0 Å². The van der Waals surface area contributed by atoms with Gasteiger partial charge in [0.2, 0.25) is 0 Å². The summed E-state index contributed by atoms with van der Waals surface area (Å²) >= 11 is 0. The molecule has 2 fully saturated rings. The van der Waals surface area contributed by atoms with Crippen LogP contribution in [-0.2, 0) is 4.74 Å². The Morgan fingerprint density at radius 3 is 2.20 bits per heavy atom. The zero-order chi connectivity index (χ0) is 7.03. The largest absolute Gasteiger partial charge is 0.396 e. The van der Waals surface area contributed by atoms with Gasteiger partial charge < -0.3 is 9.84 Å². The molecular formula is C8H14O2. The second kappa shape index (κ2) is 2.21. The van der Waals surface area contributed by atoms with Crippen molar-refractivity contribution in [3.8, 4) is 0 Å². The minimum Gasteiger partial charge on any atom is -0.396 e. The van der Waals surface area contributed by atoms with Gasteiger partial charge >= 0.3 is 0 Å². The number of aliphatic hydroxyl groups excluding tert-OH is 1. The molecule has 2 heteroatoms. The SMILES string of the molecule is OCC1(C2CCC2)COC1. The van der Waals surface area contributed by atoms with E-state index in [-0.39, 0.29) is 5.41 Å². The fraction of sp³-hybridized carbons (Fsp3) is 1.00. The van der Waals surface area contributed by atoms with E-state index < -0.39 is 0 Å². The van der Waals surface area contributed by atoms with Crippen molar-refractivity contribution < 1.29 is 9.84 Å². The van der Waals surface area contributed by atoms with Crippen LogP contribution in [0.5, 0.6) is 0 Å². The van der Waals surface area contributed by atoms with E-state index >= 15 is 0 Å². The normalized spacial score (nSPS) is 30.9. The molecule has 0 amide bonds. The highest BCUT2D eigenvalue weighted by Gasteiger charge is 2.47. The molecule has 1 heterocycles. The smallest absolute Gasteiger partial charge is 0.0569 e. The summed E-state index contributed by atoms with van der Waals surface area (Å²) in [5, 5.41) is 9.09. The Morgan fingerprint density at radius 1 is 1.40 bits per heavy atom. The lowest BCUT2D eigenvalue weighted by atomic mass is 9.64. The number of aliphatic hydroxyl groups is 1. The van der Waals surface area contributed by atoms with E-state index in [0.717, 1.165) is 19.1 Å². The molecule has 2 nitrogen and oxygen atoms in total. The molecule has 58 valence electrons. The summed E-state index contributed by atoms with van der Waals surface area (Å²) < 4.78 is 5.13. The lowest BCUT2D eigenvalue weighted by Gasteiger charge is -2.49. The van der Waals surface area contributed by atoms with Crippen molar-refractivity contribution in [2.75, 3.05) is 19.8 Å². The molecule has 0 aromatic rings. The van der Waals surface area contributed by atoms with Crippen LogP contribution in [0, 0.1) is 11.3 Å². The fourth-order valence-corrected chi connectivity index (χ4v) is 1.84. The molecule has 0 bridgehead atoms. The number of hydrogen-bond acceptors (Lipinski definition) is 2. The molecule has 0 aromatic heterocycles. The summed E-state index contributed by atoms with van der Waals surface area (Å²) in [5.41, 5.74) is 0.193. The van der Waals surface area contributed by atoms with Crippen molar-refractivity contribution in [1.29, 1.82) is 0 Å². The first kappa shape index (κ1) is 6.62. The van der Waals surface area contributed by atoms with Gasteiger partial charge in [0.15, 0.2) is 0 Å². The maximum absolute atomic E-state index is 9.09. The maximum Gasteiger partial charge on any atom is 0.0569 e. The molecule has 0 radical (unpaired) electrons. The third-order valence-corrected chi connectivity index (χ3v) is 3.07. The van der Waals surface area contributed by atoms with Crippen LogP contribution in [0.4, 0.5) is 0 Å². The minimum absolute atomic E-state index is 0.193. The van der Waals surface area contributed by atoms with Crippen molar-refractivity contribution in [2.24, 2.45) is 11.3 Å². The molecule has 1 N–H and O–H groups in total. The van der Waals surface area contributed by atoms with Crippen LogP contribution < -0.4 is 0 Å². The van der Waals surface area contributed by atoms with Crippen LogP contribution in [0.15, 0.2) is 0 Å². The Kier molecular flexibility index (Phi) is 1.46. The summed E-state index contributed by atoms with van der Waals surface area (Å²) in [5.74, 6) is 0.770. The summed E-state index contributed by atoms with van der Waals surface area (Å²) in [7, 11) is 0. The monoisotopic (exact) mass is 142 g/mol. The van der Waals surface area contributed by atoms with Crippen molar-refractivity contribution in [1.82, 2.24) is 0 Å². The quantitative estimate of drug-likeness (QED) is 0.617. The van der Waals surface area contributed by atoms with E-state index in [0.29, 0.717) is 6.61 Å². The molecule has 2 rings (SSSR count). The zero-order valence-corrected chi connectivity index (χ0v) is 6.18. The van der Waals surface area contributed by atoms with Crippen molar-refractivity contribution in [3.63, 3.8) is 0 Å². The summed E-state index contributed by atoms with van der Waals surface area (Å²) in [6, 6.07) is 0. The van der Waals surface area contributed by atoms with E-state index in [4.69, 9.17) is 9.84 Å². The van der Waals surface area contributed by atoms with E-state index in [1.54, 1.807) is 0 Å². The zero-order valence-electron chi connectivity index (χ0n) is 6.18. The number of hydrogen-bond donors (Lipinski definition) is 1. The topological polar surface area (TPSA) is 29.5 Å². The fourth-order valence-electron chi connectivity index (χ4n) is 1.84. The van der Waals surface area contributed by atoms with Gasteiger partial charge in [0.05, 0.1) is 19.8 Å². The van der Waals surface area contributed by atoms with E-state index in [1.165, 1.54) is 19.3 Å². The van der Waals surface area contributed by atoms with Gasteiger partial charge in [-0.15, -0.1) is 0 Å². The molecule has 0 aromatic carbocycles. The standard InChI is InChI=1S/C8H14O2/c9-4-8(5-10-6-8)7-2-1-3-7/h7,9H,1-6H2. The molecule has 1 aliphatic heterocycles. The first-order chi connectivity index (χ1) is 4.87. The van der Waals surface area contributed by atoms with Gasteiger partial charge in [0.1, 0.15) is 0 Å². The first-order valence-corrected chi connectivity index (χ1v) is 4.06. The predicted octanol–water partition coefficient (Wildman–Crippen LogP) is 0.795. The Balaban J connectivity index is 1.96. The third kappa shape index (κ3) is 0.722. The maximum atomic E-state index is 9.09. The molecule has 0 unspecified atom stereocenters.